The summed E-state index contributed by atoms with van der Waals surface area (Å²) in [5.41, 5.74) is 1.04. The molecule has 0 amide bonds. The molecule has 0 saturated carbocycles. The van der Waals surface area contributed by atoms with Crippen LogP contribution < -0.4 is 5.32 Å². The quantitative estimate of drug-likeness (QED) is 0.853. The Labute approximate surface area is 121 Å². The molecule has 2 aromatic rings. The van der Waals surface area contributed by atoms with Crippen LogP contribution in [0, 0.1) is 0 Å². The molecule has 21 heavy (non-hydrogen) atoms. The highest BCUT2D eigenvalue weighted by molar-refractivity contribution is 7.90. The van der Waals surface area contributed by atoms with Crippen molar-refractivity contribution >= 4 is 21.5 Å². The van der Waals surface area contributed by atoms with Crippen molar-refractivity contribution in [2.24, 2.45) is 0 Å². The van der Waals surface area contributed by atoms with Crippen molar-refractivity contribution in [2.75, 3.05) is 11.6 Å². The van der Waals surface area contributed by atoms with Crippen molar-refractivity contribution in [3.05, 3.63) is 48.0 Å². The van der Waals surface area contributed by atoms with Gasteiger partial charge >= 0.3 is 5.97 Å². The van der Waals surface area contributed by atoms with E-state index in [-0.39, 0.29) is 17.0 Å². The lowest BCUT2D eigenvalue weighted by atomic mass is 10.2. The molecule has 7 nitrogen and oxygen atoms in total. The summed E-state index contributed by atoms with van der Waals surface area (Å²) in [6.07, 6.45) is 3.64. The van der Waals surface area contributed by atoms with Gasteiger partial charge in [-0.2, -0.15) is 0 Å². The summed E-state index contributed by atoms with van der Waals surface area (Å²) in [5, 5.41) is 12.0. The Morgan fingerprint density at radius 1 is 1.29 bits per heavy atom. The number of rotatable bonds is 5. The number of nitrogens with one attached hydrogen (secondary N) is 1. The van der Waals surface area contributed by atoms with Gasteiger partial charge in [-0.3, -0.25) is 0 Å². The van der Waals surface area contributed by atoms with E-state index >= 15 is 0 Å². The number of hydrogen-bond acceptors (Lipinski definition) is 6. The van der Waals surface area contributed by atoms with Gasteiger partial charge < -0.3 is 10.4 Å². The second-order valence-corrected chi connectivity index (χ2v) is 6.35. The third-order valence-electron chi connectivity index (χ3n) is 2.77. The topological polar surface area (TPSA) is 109 Å². The molecule has 2 N–H and O–H groups in total. The van der Waals surface area contributed by atoms with Gasteiger partial charge in [0.15, 0.2) is 9.84 Å². The first-order valence-corrected chi connectivity index (χ1v) is 7.83. The third-order valence-corrected chi connectivity index (χ3v) is 3.90. The number of sulfone groups is 1. The van der Waals surface area contributed by atoms with Gasteiger partial charge in [-0.1, -0.05) is 0 Å². The maximum absolute atomic E-state index is 11.3. The molecular formula is C13H13N3O4S. The Morgan fingerprint density at radius 2 is 1.95 bits per heavy atom. The van der Waals surface area contributed by atoms with Crippen LogP contribution in [0.5, 0.6) is 0 Å². The predicted octanol–water partition coefficient (Wildman–Crippen LogP) is 1.19. The number of anilines is 1. The van der Waals surface area contributed by atoms with E-state index in [0.717, 1.165) is 6.26 Å². The summed E-state index contributed by atoms with van der Waals surface area (Å²) in [6, 6.07) is 6.18. The molecule has 0 atom stereocenters. The molecule has 0 spiro atoms. The van der Waals surface area contributed by atoms with E-state index in [1.54, 1.807) is 12.1 Å². The van der Waals surface area contributed by atoms with Crippen LogP contribution >= 0.6 is 0 Å². The average molecular weight is 307 g/mol. The van der Waals surface area contributed by atoms with Gasteiger partial charge in [-0.25, -0.2) is 23.2 Å². The molecule has 1 aromatic heterocycles. The van der Waals surface area contributed by atoms with Crippen LogP contribution in [0.1, 0.15) is 16.1 Å². The van der Waals surface area contributed by atoms with Crippen molar-refractivity contribution < 1.29 is 18.3 Å². The maximum Gasteiger partial charge on any atom is 0.339 e. The van der Waals surface area contributed by atoms with Crippen molar-refractivity contribution in [2.45, 2.75) is 11.4 Å². The van der Waals surface area contributed by atoms with Crippen LogP contribution in [0.3, 0.4) is 0 Å². The first-order chi connectivity index (χ1) is 9.88. The van der Waals surface area contributed by atoms with Crippen LogP contribution in [0.15, 0.2) is 41.7 Å². The number of aromatic carboxylic acids is 1. The Kier molecular flexibility index (Phi) is 4.18. The first kappa shape index (κ1) is 14.9. The van der Waals surface area contributed by atoms with Gasteiger partial charge in [0.1, 0.15) is 11.9 Å². The summed E-state index contributed by atoms with van der Waals surface area (Å²) in [7, 11) is -3.23. The lowest BCUT2D eigenvalue weighted by molar-refractivity contribution is 0.0694. The van der Waals surface area contributed by atoms with Gasteiger partial charge in [0.05, 0.1) is 17.1 Å². The van der Waals surface area contributed by atoms with E-state index in [0.29, 0.717) is 11.4 Å². The fraction of sp³-hybridized carbons (Fsp3) is 0.154. The summed E-state index contributed by atoms with van der Waals surface area (Å²) in [5.74, 6) is -1.10. The molecule has 0 aliphatic rings. The third kappa shape index (κ3) is 3.76. The molecule has 110 valence electrons. The molecule has 0 bridgehead atoms. The van der Waals surface area contributed by atoms with Gasteiger partial charge in [-0.05, 0) is 24.3 Å². The molecule has 2 rings (SSSR count). The number of carboxylic acid groups (broad SMARTS) is 1. The highest BCUT2D eigenvalue weighted by Crippen LogP contribution is 2.15. The smallest absolute Gasteiger partial charge is 0.339 e. The summed E-state index contributed by atoms with van der Waals surface area (Å²) in [4.78, 5) is 18.8. The zero-order chi connectivity index (χ0) is 15.5. The Balaban J connectivity index is 2.12. The number of benzene rings is 1. The fourth-order valence-corrected chi connectivity index (χ4v) is 2.31. The van der Waals surface area contributed by atoms with E-state index in [1.165, 1.54) is 24.7 Å². The monoisotopic (exact) mass is 307 g/mol. The van der Waals surface area contributed by atoms with Gasteiger partial charge in [-0.15, -0.1) is 0 Å². The Bertz CT molecular complexity index is 757. The Hall–Kier alpha value is -2.48. The SMILES string of the molecule is CS(=O)(=O)c1ccc(NCc2ncncc2C(=O)O)cc1. The zero-order valence-corrected chi connectivity index (χ0v) is 12.0. The first-order valence-electron chi connectivity index (χ1n) is 5.94. The van der Waals surface area contributed by atoms with Crippen molar-refractivity contribution in [3.8, 4) is 0 Å². The highest BCUT2D eigenvalue weighted by atomic mass is 32.2. The van der Waals surface area contributed by atoms with Gasteiger partial charge in [0.2, 0.25) is 0 Å². The molecular weight excluding hydrogens is 294 g/mol. The van der Waals surface area contributed by atoms with Crippen molar-refractivity contribution in [1.82, 2.24) is 9.97 Å². The van der Waals surface area contributed by atoms with Crippen LogP contribution in [0.25, 0.3) is 0 Å². The van der Waals surface area contributed by atoms with E-state index < -0.39 is 15.8 Å². The fourth-order valence-electron chi connectivity index (χ4n) is 1.68. The largest absolute Gasteiger partial charge is 0.478 e. The van der Waals surface area contributed by atoms with Gasteiger partial charge in [0, 0.05) is 18.1 Å². The summed E-state index contributed by atoms with van der Waals surface area (Å²) >= 11 is 0. The maximum atomic E-state index is 11.3. The molecule has 0 unspecified atom stereocenters. The van der Waals surface area contributed by atoms with Crippen molar-refractivity contribution in [3.63, 3.8) is 0 Å². The number of carboxylic acids is 1. The number of nitrogens with zero attached hydrogens (tertiary/aromatic N) is 2. The molecule has 0 aliphatic heterocycles. The van der Waals surface area contributed by atoms with E-state index in [9.17, 15) is 13.2 Å². The molecule has 1 aromatic carbocycles. The molecule has 8 heteroatoms. The van der Waals surface area contributed by atoms with Crippen LogP contribution in [0.4, 0.5) is 5.69 Å². The zero-order valence-electron chi connectivity index (χ0n) is 11.1. The van der Waals surface area contributed by atoms with E-state index in [1.807, 2.05) is 0 Å². The van der Waals surface area contributed by atoms with Crippen LogP contribution in [0.2, 0.25) is 0 Å². The molecule has 1 heterocycles. The lowest BCUT2D eigenvalue weighted by Crippen LogP contribution is -2.10. The molecule has 0 saturated heterocycles. The summed E-state index contributed by atoms with van der Waals surface area (Å²) in [6.45, 7) is 0.197. The Morgan fingerprint density at radius 3 is 2.52 bits per heavy atom. The van der Waals surface area contributed by atoms with E-state index in [2.05, 4.69) is 15.3 Å². The molecule has 0 radical (unpaired) electrons. The highest BCUT2D eigenvalue weighted by Gasteiger charge is 2.11. The standard InChI is InChI=1S/C13H13N3O4S/c1-21(19,20)10-4-2-9(3-5-10)15-7-12-11(13(17)18)6-14-8-16-12/h2-6,8,15H,7H2,1H3,(H,17,18). The second-order valence-electron chi connectivity index (χ2n) is 4.34. The van der Waals surface area contributed by atoms with Crippen LogP contribution in [-0.2, 0) is 16.4 Å². The number of carbonyl (C=O) groups is 1. The second kappa shape index (κ2) is 5.88. The minimum absolute atomic E-state index is 0.0257. The average Bonchev–Trinajstić information content (AvgIpc) is 2.45. The minimum atomic E-state index is -3.23. The van der Waals surface area contributed by atoms with Gasteiger partial charge in [0.25, 0.3) is 0 Å². The van der Waals surface area contributed by atoms with E-state index in [4.69, 9.17) is 5.11 Å². The number of hydrogen-bond donors (Lipinski definition) is 2. The summed E-state index contributed by atoms with van der Waals surface area (Å²) < 4.78 is 22.7. The van der Waals surface area contributed by atoms with Crippen molar-refractivity contribution in [1.29, 1.82) is 0 Å². The lowest BCUT2D eigenvalue weighted by Gasteiger charge is -2.08. The predicted molar refractivity (Wildman–Crippen MR) is 75.9 cm³/mol. The molecule has 0 aliphatic carbocycles. The minimum Gasteiger partial charge on any atom is -0.478 e. The van der Waals surface area contributed by atoms with Crippen LogP contribution in [-0.4, -0.2) is 35.7 Å². The molecule has 0 fully saturated rings. The number of aromatic nitrogens is 2. The normalized spacial score (nSPS) is 11.1.